The highest BCUT2D eigenvalue weighted by Gasteiger charge is 2.24. The van der Waals surface area contributed by atoms with Crippen molar-refractivity contribution in [2.75, 3.05) is 6.54 Å². The van der Waals surface area contributed by atoms with Crippen molar-refractivity contribution in [3.8, 4) is 0 Å². The molecule has 4 heteroatoms. The SMILES string of the molecule is CC(CNC(=O)OC(C)(C)C)C(=O)CC1CCC1. The van der Waals surface area contributed by atoms with Gasteiger partial charge in [0.25, 0.3) is 0 Å². The van der Waals surface area contributed by atoms with Crippen LogP contribution in [0.5, 0.6) is 0 Å². The molecule has 104 valence electrons. The molecule has 1 atom stereocenters. The first kappa shape index (κ1) is 15.0. The van der Waals surface area contributed by atoms with Crippen molar-refractivity contribution >= 4 is 11.9 Å². The summed E-state index contributed by atoms with van der Waals surface area (Å²) in [6.45, 7) is 7.67. The molecule has 0 aromatic heterocycles. The van der Waals surface area contributed by atoms with Crippen molar-refractivity contribution < 1.29 is 14.3 Å². The normalized spacial score (nSPS) is 17.8. The molecule has 1 fully saturated rings. The maximum absolute atomic E-state index is 11.9. The van der Waals surface area contributed by atoms with Gasteiger partial charge in [-0.2, -0.15) is 0 Å². The fourth-order valence-corrected chi connectivity index (χ4v) is 1.85. The van der Waals surface area contributed by atoms with Crippen LogP contribution in [0.1, 0.15) is 53.4 Å². The predicted molar refractivity (Wildman–Crippen MR) is 70.4 cm³/mol. The maximum Gasteiger partial charge on any atom is 0.407 e. The monoisotopic (exact) mass is 255 g/mol. The Morgan fingerprint density at radius 2 is 1.94 bits per heavy atom. The molecular formula is C14H25NO3. The van der Waals surface area contributed by atoms with Gasteiger partial charge in [0.05, 0.1) is 0 Å². The molecule has 0 aliphatic heterocycles. The average molecular weight is 255 g/mol. The molecule has 0 aromatic rings. The van der Waals surface area contributed by atoms with Crippen molar-refractivity contribution in [1.82, 2.24) is 5.32 Å². The first-order valence-electron chi connectivity index (χ1n) is 6.77. The molecule has 0 aromatic carbocycles. The van der Waals surface area contributed by atoms with Crippen LogP contribution in [0, 0.1) is 11.8 Å². The predicted octanol–water partition coefficient (Wildman–Crippen LogP) is 2.91. The molecule has 0 saturated heterocycles. The number of Topliss-reactive ketones (excluding diaryl/α,β-unsaturated/α-hetero) is 1. The number of hydrogen-bond donors (Lipinski definition) is 1. The highest BCUT2D eigenvalue weighted by Crippen LogP contribution is 2.30. The van der Waals surface area contributed by atoms with Crippen LogP contribution in [0.25, 0.3) is 0 Å². The van der Waals surface area contributed by atoms with E-state index in [0.29, 0.717) is 18.9 Å². The van der Waals surface area contributed by atoms with Crippen LogP contribution in [0.2, 0.25) is 0 Å². The zero-order chi connectivity index (χ0) is 13.8. The van der Waals surface area contributed by atoms with Crippen molar-refractivity contribution in [3.63, 3.8) is 0 Å². The van der Waals surface area contributed by atoms with E-state index in [4.69, 9.17) is 4.74 Å². The number of ether oxygens (including phenoxy) is 1. The van der Waals surface area contributed by atoms with Gasteiger partial charge in [-0.3, -0.25) is 4.79 Å². The zero-order valence-electron chi connectivity index (χ0n) is 11.9. The Labute approximate surface area is 109 Å². The second-order valence-electron chi connectivity index (χ2n) is 6.25. The number of carbonyl (C=O) groups is 2. The van der Waals surface area contributed by atoms with Crippen LogP contribution < -0.4 is 5.32 Å². The molecule has 1 N–H and O–H groups in total. The lowest BCUT2D eigenvalue weighted by molar-refractivity contribution is -0.123. The summed E-state index contributed by atoms with van der Waals surface area (Å²) in [7, 11) is 0. The fourth-order valence-electron chi connectivity index (χ4n) is 1.85. The van der Waals surface area contributed by atoms with Crippen LogP contribution in [0.3, 0.4) is 0 Å². The van der Waals surface area contributed by atoms with Crippen LogP contribution in [0.4, 0.5) is 4.79 Å². The number of alkyl carbamates (subject to hydrolysis) is 1. The zero-order valence-corrected chi connectivity index (χ0v) is 11.9. The summed E-state index contributed by atoms with van der Waals surface area (Å²) >= 11 is 0. The highest BCUT2D eigenvalue weighted by molar-refractivity contribution is 5.81. The Balaban J connectivity index is 2.20. The summed E-state index contributed by atoms with van der Waals surface area (Å²) in [6, 6.07) is 0. The Kier molecular flexibility index (Phi) is 5.17. The third kappa shape index (κ3) is 5.52. The van der Waals surface area contributed by atoms with Gasteiger partial charge in [-0.25, -0.2) is 4.79 Å². The molecule has 4 nitrogen and oxygen atoms in total. The first-order valence-corrected chi connectivity index (χ1v) is 6.77. The largest absolute Gasteiger partial charge is 0.444 e. The van der Waals surface area contributed by atoms with Gasteiger partial charge >= 0.3 is 6.09 Å². The molecule has 0 heterocycles. The van der Waals surface area contributed by atoms with E-state index in [1.807, 2.05) is 27.7 Å². The van der Waals surface area contributed by atoms with Crippen molar-refractivity contribution in [3.05, 3.63) is 0 Å². The van der Waals surface area contributed by atoms with E-state index in [0.717, 1.165) is 0 Å². The van der Waals surface area contributed by atoms with E-state index < -0.39 is 11.7 Å². The lowest BCUT2D eigenvalue weighted by atomic mass is 9.80. The minimum atomic E-state index is -0.497. The molecule has 1 unspecified atom stereocenters. The van der Waals surface area contributed by atoms with Gasteiger partial charge in [-0.1, -0.05) is 26.2 Å². The molecule has 18 heavy (non-hydrogen) atoms. The molecule has 1 rings (SSSR count). The Morgan fingerprint density at radius 3 is 2.39 bits per heavy atom. The van der Waals surface area contributed by atoms with Gasteiger partial charge in [0, 0.05) is 18.9 Å². The Morgan fingerprint density at radius 1 is 1.33 bits per heavy atom. The fraction of sp³-hybridized carbons (Fsp3) is 0.857. The van der Waals surface area contributed by atoms with E-state index in [1.54, 1.807) is 0 Å². The number of rotatable bonds is 5. The molecule has 1 amide bonds. The van der Waals surface area contributed by atoms with E-state index in [-0.39, 0.29) is 11.7 Å². The number of amides is 1. The molecule has 0 bridgehead atoms. The summed E-state index contributed by atoms with van der Waals surface area (Å²) in [4.78, 5) is 23.3. The summed E-state index contributed by atoms with van der Waals surface area (Å²) in [5.74, 6) is 0.704. The number of nitrogens with one attached hydrogen (secondary N) is 1. The van der Waals surface area contributed by atoms with E-state index in [1.165, 1.54) is 19.3 Å². The third-order valence-corrected chi connectivity index (χ3v) is 3.22. The topological polar surface area (TPSA) is 55.4 Å². The van der Waals surface area contributed by atoms with Gasteiger partial charge in [0.15, 0.2) is 0 Å². The van der Waals surface area contributed by atoms with Crippen LogP contribution >= 0.6 is 0 Å². The quantitative estimate of drug-likeness (QED) is 0.821. The number of hydrogen-bond acceptors (Lipinski definition) is 3. The Hall–Kier alpha value is -1.06. The van der Waals surface area contributed by atoms with Gasteiger partial charge in [0.2, 0.25) is 0 Å². The Bertz CT molecular complexity index is 303. The van der Waals surface area contributed by atoms with Crippen LogP contribution in [-0.4, -0.2) is 24.0 Å². The van der Waals surface area contributed by atoms with E-state index in [9.17, 15) is 9.59 Å². The van der Waals surface area contributed by atoms with Gasteiger partial charge < -0.3 is 10.1 Å². The second-order valence-corrected chi connectivity index (χ2v) is 6.25. The van der Waals surface area contributed by atoms with E-state index in [2.05, 4.69) is 5.32 Å². The van der Waals surface area contributed by atoms with Crippen molar-refractivity contribution in [1.29, 1.82) is 0 Å². The third-order valence-electron chi connectivity index (χ3n) is 3.22. The van der Waals surface area contributed by atoms with Gasteiger partial charge in [0.1, 0.15) is 11.4 Å². The smallest absolute Gasteiger partial charge is 0.407 e. The summed E-state index contributed by atoms with van der Waals surface area (Å²) in [5.41, 5.74) is -0.497. The highest BCUT2D eigenvalue weighted by atomic mass is 16.6. The number of ketones is 1. The molecule has 0 spiro atoms. The average Bonchev–Trinajstić information content (AvgIpc) is 2.17. The minimum Gasteiger partial charge on any atom is -0.444 e. The second kappa shape index (κ2) is 6.21. The van der Waals surface area contributed by atoms with Gasteiger partial charge in [-0.15, -0.1) is 0 Å². The van der Waals surface area contributed by atoms with Crippen LogP contribution in [-0.2, 0) is 9.53 Å². The molecular weight excluding hydrogens is 230 g/mol. The first-order chi connectivity index (χ1) is 8.28. The maximum atomic E-state index is 11.9. The summed E-state index contributed by atoms with van der Waals surface area (Å²) in [5, 5.41) is 2.65. The van der Waals surface area contributed by atoms with Gasteiger partial charge in [-0.05, 0) is 26.7 Å². The number of carbonyl (C=O) groups excluding carboxylic acids is 2. The molecule has 0 radical (unpaired) electrons. The molecule has 1 aliphatic rings. The van der Waals surface area contributed by atoms with Crippen LogP contribution in [0.15, 0.2) is 0 Å². The lowest BCUT2D eigenvalue weighted by Crippen LogP contribution is -2.36. The van der Waals surface area contributed by atoms with Crippen molar-refractivity contribution in [2.24, 2.45) is 11.8 Å². The standard InChI is InChI=1S/C14H25NO3/c1-10(12(16)8-11-6-5-7-11)9-15-13(17)18-14(2,3)4/h10-11H,5-9H2,1-4H3,(H,15,17). The summed E-state index contributed by atoms with van der Waals surface area (Å²) < 4.78 is 5.12. The summed E-state index contributed by atoms with van der Waals surface area (Å²) in [6.07, 6.45) is 3.82. The lowest BCUT2D eigenvalue weighted by Gasteiger charge is -2.26. The van der Waals surface area contributed by atoms with Crippen molar-refractivity contribution in [2.45, 2.75) is 59.0 Å². The van der Waals surface area contributed by atoms with E-state index >= 15 is 0 Å². The molecule has 1 aliphatic carbocycles. The molecule has 1 saturated carbocycles. The minimum absolute atomic E-state index is 0.127.